The Labute approximate surface area is 178 Å². The summed E-state index contributed by atoms with van der Waals surface area (Å²) in [4.78, 5) is 4.78. The fraction of sp³-hybridized carbons (Fsp3) is 0.138. The highest BCUT2D eigenvalue weighted by molar-refractivity contribution is 6.11. The average molecular weight is 388 g/mol. The van der Waals surface area contributed by atoms with Crippen molar-refractivity contribution in [2.24, 2.45) is 0 Å². The molecule has 1 heterocycles. The van der Waals surface area contributed by atoms with E-state index in [0.717, 1.165) is 11.3 Å². The van der Waals surface area contributed by atoms with E-state index in [1.54, 1.807) is 0 Å². The Bertz CT molecular complexity index is 1360. The summed E-state index contributed by atoms with van der Waals surface area (Å²) in [6.45, 7) is 6.78. The molecule has 0 spiro atoms. The van der Waals surface area contributed by atoms with Crippen LogP contribution in [0, 0.1) is 0 Å². The molecule has 5 aromatic rings. The quantitative estimate of drug-likeness (QED) is 0.279. The van der Waals surface area contributed by atoms with E-state index in [9.17, 15) is 0 Å². The summed E-state index contributed by atoms with van der Waals surface area (Å²) < 4.78 is 0. The number of hydrogen-bond donors (Lipinski definition) is 0. The summed E-state index contributed by atoms with van der Waals surface area (Å²) >= 11 is 0. The predicted octanol–water partition coefficient (Wildman–Crippen LogP) is 8.02. The fourth-order valence-electron chi connectivity index (χ4n) is 4.17. The van der Waals surface area contributed by atoms with Crippen LogP contribution in [0.4, 0.5) is 0 Å². The lowest BCUT2D eigenvalue weighted by Crippen LogP contribution is -2.10. The minimum Gasteiger partial charge on any atom is -0.256 e. The van der Waals surface area contributed by atoms with Crippen molar-refractivity contribution in [2.45, 2.75) is 26.2 Å². The second-order valence-electron chi connectivity index (χ2n) is 8.95. The Kier molecular flexibility index (Phi) is 4.40. The van der Waals surface area contributed by atoms with Gasteiger partial charge in [0.05, 0.1) is 5.69 Å². The Balaban J connectivity index is 1.69. The van der Waals surface area contributed by atoms with Crippen LogP contribution in [0.3, 0.4) is 0 Å². The van der Waals surface area contributed by atoms with Crippen molar-refractivity contribution in [2.75, 3.05) is 0 Å². The number of aromatic nitrogens is 1. The van der Waals surface area contributed by atoms with Crippen molar-refractivity contribution < 1.29 is 0 Å². The van der Waals surface area contributed by atoms with Crippen molar-refractivity contribution >= 4 is 21.5 Å². The van der Waals surface area contributed by atoms with Gasteiger partial charge in [-0.15, -0.1) is 0 Å². The number of fused-ring (bicyclic) bond motifs is 3. The fourth-order valence-corrected chi connectivity index (χ4v) is 4.17. The van der Waals surface area contributed by atoms with Crippen molar-refractivity contribution in [3.8, 4) is 22.4 Å². The highest BCUT2D eigenvalue weighted by atomic mass is 14.7. The third-order valence-corrected chi connectivity index (χ3v) is 5.87. The SMILES string of the molecule is CC(C)(C)c1ccc2c(ccc3c(-c4cccc(-c5ccccc5)c4)nccc32)c1. The predicted molar refractivity (Wildman–Crippen MR) is 129 cm³/mol. The molecule has 0 amide bonds. The van der Waals surface area contributed by atoms with Gasteiger partial charge in [-0.1, -0.05) is 99.6 Å². The summed E-state index contributed by atoms with van der Waals surface area (Å²) in [5, 5.41) is 5.01. The van der Waals surface area contributed by atoms with Crippen molar-refractivity contribution in [1.29, 1.82) is 0 Å². The van der Waals surface area contributed by atoms with Gasteiger partial charge in [-0.05, 0) is 50.4 Å². The molecule has 4 aromatic carbocycles. The first-order valence-corrected chi connectivity index (χ1v) is 10.5. The minimum atomic E-state index is 0.143. The zero-order valence-electron chi connectivity index (χ0n) is 17.7. The number of nitrogens with zero attached hydrogens (tertiary/aromatic N) is 1. The molecule has 146 valence electrons. The number of rotatable bonds is 2. The molecule has 5 rings (SSSR count). The third kappa shape index (κ3) is 3.27. The molecule has 0 atom stereocenters. The summed E-state index contributed by atoms with van der Waals surface area (Å²) in [5.74, 6) is 0. The third-order valence-electron chi connectivity index (χ3n) is 5.87. The smallest absolute Gasteiger partial charge is 0.0780 e. The van der Waals surface area contributed by atoms with E-state index in [1.165, 1.54) is 38.2 Å². The van der Waals surface area contributed by atoms with E-state index in [4.69, 9.17) is 4.98 Å². The first-order valence-electron chi connectivity index (χ1n) is 10.5. The molecule has 0 N–H and O–H groups in total. The number of benzene rings is 4. The summed E-state index contributed by atoms with van der Waals surface area (Å²) in [6.07, 6.45) is 1.93. The van der Waals surface area contributed by atoms with Crippen LogP contribution in [0.2, 0.25) is 0 Å². The molecule has 0 aliphatic heterocycles. The Hall–Kier alpha value is -3.45. The van der Waals surface area contributed by atoms with E-state index in [-0.39, 0.29) is 5.41 Å². The van der Waals surface area contributed by atoms with Crippen LogP contribution in [-0.4, -0.2) is 4.98 Å². The number of hydrogen-bond acceptors (Lipinski definition) is 1. The van der Waals surface area contributed by atoms with Crippen LogP contribution in [0.25, 0.3) is 43.9 Å². The number of pyridine rings is 1. The standard InChI is InChI=1S/C29H25N/c1-29(2,3)24-13-15-25-22(19-24)12-14-27-26(25)16-17-30-28(27)23-11-7-10-21(18-23)20-8-5-4-6-9-20/h4-19H,1-3H3. The zero-order valence-corrected chi connectivity index (χ0v) is 17.7. The van der Waals surface area contributed by atoms with Crippen LogP contribution in [0.15, 0.2) is 97.2 Å². The molecule has 0 fully saturated rings. The van der Waals surface area contributed by atoms with E-state index in [1.807, 2.05) is 6.20 Å². The maximum atomic E-state index is 4.78. The molecule has 0 aliphatic rings. The Morgan fingerprint density at radius 3 is 2.10 bits per heavy atom. The summed E-state index contributed by atoms with van der Waals surface area (Å²) in [7, 11) is 0. The second-order valence-corrected chi connectivity index (χ2v) is 8.95. The molecule has 1 heteroatoms. The second kappa shape index (κ2) is 7.11. The Morgan fingerprint density at radius 2 is 1.30 bits per heavy atom. The topological polar surface area (TPSA) is 12.9 Å². The molecule has 0 saturated carbocycles. The van der Waals surface area contributed by atoms with Gasteiger partial charge in [0.15, 0.2) is 0 Å². The van der Waals surface area contributed by atoms with Gasteiger partial charge in [-0.25, -0.2) is 0 Å². The van der Waals surface area contributed by atoms with Gasteiger partial charge in [0.2, 0.25) is 0 Å². The van der Waals surface area contributed by atoms with E-state index in [2.05, 4.69) is 112 Å². The van der Waals surface area contributed by atoms with Gasteiger partial charge in [0, 0.05) is 17.1 Å². The van der Waals surface area contributed by atoms with Gasteiger partial charge in [-0.2, -0.15) is 0 Å². The van der Waals surface area contributed by atoms with Gasteiger partial charge in [0.1, 0.15) is 0 Å². The Morgan fingerprint density at radius 1 is 0.567 bits per heavy atom. The summed E-state index contributed by atoms with van der Waals surface area (Å²) in [6, 6.07) is 32.6. The molecular weight excluding hydrogens is 362 g/mol. The molecule has 0 unspecified atom stereocenters. The summed E-state index contributed by atoms with van der Waals surface area (Å²) in [5.41, 5.74) is 6.12. The molecule has 0 aliphatic carbocycles. The molecular formula is C29H25N. The molecule has 0 bridgehead atoms. The molecule has 0 saturated heterocycles. The van der Waals surface area contributed by atoms with Crippen molar-refractivity contribution in [3.05, 3.63) is 103 Å². The zero-order chi connectivity index (χ0) is 20.7. The first kappa shape index (κ1) is 18.6. The van der Waals surface area contributed by atoms with Crippen molar-refractivity contribution in [3.63, 3.8) is 0 Å². The molecule has 0 radical (unpaired) electrons. The van der Waals surface area contributed by atoms with E-state index in [0.29, 0.717) is 0 Å². The monoisotopic (exact) mass is 387 g/mol. The normalized spacial score (nSPS) is 11.8. The van der Waals surface area contributed by atoms with Crippen molar-refractivity contribution in [1.82, 2.24) is 4.98 Å². The van der Waals surface area contributed by atoms with Crippen LogP contribution in [0.5, 0.6) is 0 Å². The maximum absolute atomic E-state index is 4.78. The average Bonchev–Trinajstić information content (AvgIpc) is 2.78. The van der Waals surface area contributed by atoms with Crippen LogP contribution < -0.4 is 0 Å². The molecule has 1 aromatic heterocycles. The van der Waals surface area contributed by atoms with Crippen LogP contribution in [-0.2, 0) is 5.41 Å². The van der Waals surface area contributed by atoms with E-state index >= 15 is 0 Å². The van der Waals surface area contributed by atoms with E-state index < -0.39 is 0 Å². The van der Waals surface area contributed by atoms with Crippen LogP contribution in [0.1, 0.15) is 26.3 Å². The highest BCUT2D eigenvalue weighted by Gasteiger charge is 2.15. The maximum Gasteiger partial charge on any atom is 0.0780 e. The lowest BCUT2D eigenvalue weighted by molar-refractivity contribution is 0.591. The van der Waals surface area contributed by atoms with Crippen LogP contribution >= 0.6 is 0 Å². The molecule has 30 heavy (non-hydrogen) atoms. The van der Waals surface area contributed by atoms with Gasteiger partial charge in [0.25, 0.3) is 0 Å². The largest absolute Gasteiger partial charge is 0.256 e. The minimum absolute atomic E-state index is 0.143. The van der Waals surface area contributed by atoms with Gasteiger partial charge < -0.3 is 0 Å². The van der Waals surface area contributed by atoms with Gasteiger partial charge >= 0.3 is 0 Å². The first-order chi connectivity index (χ1) is 14.5. The molecule has 1 nitrogen and oxygen atoms in total. The lowest BCUT2D eigenvalue weighted by Gasteiger charge is -2.20. The van der Waals surface area contributed by atoms with Gasteiger partial charge in [-0.3, -0.25) is 4.98 Å². The lowest BCUT2D eigenvalue weighted by atomic mass is 9.85. The highest BCUT2D eigenvalue weighted by Crippen LogP contribution is 2.35.